The van der Waals surface area contributed by atoms with Crippen LogP contribution < -0.4 is 5.19 Å². The van der Waals surface area contributed by atoms with E-state index in [1.165, 1.54) is 17.3 Å². The van der Waals surface area contributed by atoms with Crippen LogP contribution in [0.15, 0.2) is 78.9 Å². The number of rotatable bonds is 6. The van der Waals surface area contributed by atoms with E-state index in [-0.39, 0.29) is 11.4 Å². The van der Waals surface area contributed by atoms with Gasteiger partial charge in [-0.05, 0) is 42.8 Å². The lowest BCUT2D eigenvalue weighted by Crippen LogP contribution is -2.52. The SMILES string of the molecule is CC(OC(=O)c1cccc(Cl)c1)C(c1ccc(F)cc1)[Si](C)(C)c1ccccc1. The van der Waals surface area contributed by atoms with Crippen molar-refractivity contribution in [2.75, 3.05) is 0 Å². The Bertz CT molecular complexity index is 974. The molecule has 0 spiro atoms. The molecular formula is C24H24ClFO2Si. The molecule has 2 unspecified atom stereocenters. The minimum absolute atomic E-state index is 0.0476. The van der Waals surface area contributed by atoms with Gasteiger partial charge in [0, 0.05) is 10.6 Å². The Morgan fingerprint density at radius 1 is 0.966 bits per heavy atom. The van der Waals surface area contributed by atoms with E-state index >= 15 is 0 Å². The Morgan fingerprint density at radius 3 is 2.24 bits per heavy atom. The van der Waals surface area contributed by atoms with Gasteiger partial charge in [0.2, 0.25) is 0 Å². The maximum Gasteiger partial charge on any atom is 0.338 e. The van der Waals surface area contributed by atoms with E-state index in [0.717, 1.165) is 5.56 Å². The number of hydrogen-bond donors (Lipinski definition) is 0. The monoisotopic (exact) mass is 426 g/mol. The van der Waals surface area contributed by atoms with Crippen LogP contribution in [0.2, 0.25) is 18.1 Å². The van der Waals surface area contributed by atoms with E-state index in [2.05, 4.69) is 25.2 Å². The van der Waals surface area contributed by atoms with Crippen molar-refractivity contribution in [2.24, 2.45) is 0 Å². The highest BCUT2D eigenvalue weighted by Gasteiger charge is 2.40. The average molecular weight is 427 g/mol. The summed E-state index contributed by atoms with van der Waals surface area (Å²) in [6.45, 7) is 6.41. The third-order valence-corrected chi connectivity index (χ3v) is 9.76. The average Bonchev–Trinajstić information content (AvgIpc) is 2.70. The normalized spacial score (nSPS) is 13.6. The fraction of sp³-hybridized carbons (Fsp3) is 0.208. The number of halogens is 2. The van der Waals surface area contributed by atoms with E-state index in [1.54, 1.807) is 36.4 Å². The zero-order valence-electron chi connectivity index (χ0n) is 16.7. The number of carbonyl (C=O) groups excluding carboxylic acids is 1. The lowest BCUT2D eigenvalue weighted by molar-refractivity contribution is 0.0327. The summed E-state index contributed by atoms with van der Waals surface area (Å²) < 4.78 is 19.4. The van der Waals surface area contributed by atoms with Gasteiger partial charge in [0.15, 0.2) is 0 Å². The first-order valence-corrected chi connectivity index (χ1v) is 13.0. The van der Waals surface area contributed by atoms with E-state index in [4.69, 9.17) is 16.3 Å². The standard InChI is InChI=1S/C24H24ClFO2Si/c1-17(28-24(27)19-8-7-9-20(25)16-19)23(18-12-14-21(26)15-13-18)29(2,3)22-10-5-4-6-11-22/h4-17,23H,1-3H3. The van der Waals surface area contributed by atoms with Gasteiger partial charge in [-0.2, -0.15) is 0 Å². The highest BCUT2D eigenvalue weighted by atomic mass is 35.5. The molecule has 3 aromatic carbocycles. The van der Waals surface area contributed by atoms with Gasteiger partial charge in [0.25, 0.3) is 0 Å². The molecule has 5 heteroatoms. The first-order valence-electron chi connectivity index (χ1n) is 9.56. The highest BCUT2D eigenvalue weighted by Crippen LogP contribution is 2.33. The molecule has 0 aliphatic rings. The molecule has 0 aliphatic carbocycles. The molecule has 0 heterocycles. The zero-order chi connectivity index (χ0) is 21.0. The molecule has 29 heavy (non-hydrogen) atoms. The largest absolute Gasteiger partial charge is 0.459 e. The van der Waals surface area contributed by atoms with Crippen molar-refractivity contribution >= 4 is 30.8 Å². The zero-order valence-corrected chi connectivity index (χ0v) is 18.5. The van der Waals surface area contributed by atoms with Crippen LogP contribution in [0.5, 0.6) is 0 Å². The summed E-state index contributed by atoms with van der Waals surface area (Å²) in [5.74, 6) is -0.694. The van der Waals surface area contributed by atoms with Gasteiger partial charge in [-0.25, -0.2) is 9.18 Å². The van der Waals surface area contributed by atoms with Gasteiger partial charge in [-0.15, -0.1) is 0 Å². The van der Waals surface area contributed by atoms with Gasteiger partial charge in [0.05, 0.1) is 13.6 Å². The summed E-state index contributed by atoms with van der Waals surface area (Å²) in [6, 6.07) is 23.5. The molecule has 150 valence electrons. The molecule has 0 aromatic heterocycles. The maximum absolute atomic E-state index is 13.6. The molecule has 0 radical (unpaired) electrons. The van der Waals surface area contributed by atoms with E-state index < -0.39 is 20.1 Å². The molecule has 0 saturated carbocycles. The summed E-state index contributed by atoms with van der Waals surface area (Å²) in [4.78, 5) is 12.7. The Balaban J connectivity index is 1.96. The van der Waals surface area contributed by atoms with Crippen LogP contribution in [0, 0.1) is 5.82 Å². The van der Waals surface area contributed by atoms with Crippen molar-refractivity contribution in [1.29, 1.82) is 0 Å². The molecule has 2 atom stereocenters. The Morgan fingerprint density at radius 2 is 1.62 bits per heavy atom. The number of hydrogen-bond acceptors (Lipinski definition) is 2. The Labute approximate surface area is 177 Å². The summed E-state index contributed by atoms with van der Waals surface area (Å²) in [5, 5.41) is 1.74. The minimum Gasteiger partial charge on any atom is -0.459 e. The smallest absolute Gasteiger partial charge is 0.338 e. The molecule has 3 rings (SSSR count). The van der Waals surface area contributed by atoms with Crippen molar-refractivity contribution < 1.29 is 13.9 Å². The summed E-state index contributed by atoms with van der Waals surface area (Å²) in [7, 11) is -2.13. The molecule has 0 aliphatic heterocycles. The quantitative estimate of drug-likeness (QED) is 0.359. The third-order valence-electron chi connectivity index (χ3n) is 5.35. The second-order valence-electron chi connectivity index (χ2n) is 7.74. The van der Waals surface area contributed by atoms with Crippen LogP contribution in [0.4, 0.5) is 4.39 Å². The van der Waals surface area contributed by atoms with Crippen LogP contribution in [0.25, 0.3) is 0 Å². The van der Waals surface area contributed by atoms with Crippen molar-refractivity contribution in [3.63, 3.8) is 0 Å². The second kappa shape index (κ2) is 8.93. The van der Waals surface area contributed by atoms with E-state index in [0.29, 0.717) is 10.6 Å². The summed E-state index contributed by atoms with van der Waals surface area (Å²) >= 11 is 6.01. The summed E-state index contributed by atoms with van der Waals surface area (Å²) in [6.07, 6.45) is -0.395. The first kappa shape index (κ1) is 21.3. The predicted octanol–water partition coefficient (Wildman–Crippen LogP) is 5.96. The minimum atomic E-state index is -2.13. The topological polar surface area (TPSA) is 26.3 Å². The Kier molecular flexibility index (Phi) is 6.55. The number of carbonyl (C=O) groups is 1. The van der Waals surface area contributed by atoms with Gasteiger partial charge >= 0.3 is 5.97 Å². The number of benzene rings is 3. The molecule has 0 saturated heterocycles. The molecule has 0 bridgehead atoms. The highest BCUT2D eigenvalue weighted by molar-refractivity contribution is 6.91. The lowest BCUT2D eigenvalue weighted by atomic mass is 10.1. The van der Waals surface area contributed by atoms with Crippen molar-refractivity contribution in [3.8, 4) is 0 Å². The van der Waals surface area contributed by atoms with Crippen LogP contribution in [-0.4, -0.2) is 20.1 Å². The third kappa shape index (κ3) is 4.95. The summed E-state index contributed by atoms with van der Waals surface area (Å²) in [5.41, 5.74) is 1.34. The Hall–Kier alpha value is -2.43. The molecular weight excluding hydrogens is 403 g/mol. The van der Waals surface area contributed by atoms with Crippen LogP contribution >= 0.6 is 11.6 Å². The molecule has 2 nitrogen and oxygen atoms in total. The number of esters is 1. The van der Waals surface area contributed by atoms with Crippen LogP contribution in [-0.2, 0) is 4.74 Å². The molecule has 0 fully saturated rings. The van der Waals surface area contributed by atoms with Gasteiger partial charge in [-0.1, -0.05) is 78.4 Å². The first-order chi connectivity index (χ1) is 13.8. The molecule has 0 amide bonds. The van der Waals surface area contributed by atoms with Crippen LogP contribution in [0.1, 0.15) is 28.4 Å². The fourth-order valence-corrected chi connectivity index (χ4v) is 7.78. The van der Waals surface area contributed by atoms with Gasteiger partial charge < -0.3 is 4.74 Å². The van der Waals surface area contributed by atoms with Crippen molar-refractivity contribution in [2.45, 2.75) is 31.7 Å². The molecule has 0 N–H and O–H groups in total. The fourth-order valence-electron chi connectivity index (χ4n) is 3.91. The predicted molar refractivity (Wildman–Crippen MR) is 119 cm³/mol. The van der Waals surface area contributed by atoms with Gasteiger partial charge in [-0.3, -0.25) is 0 Å². The molecule has 3 aromatic rings. The second-order valence-corrected chi connectivity index (χ2v) is 12.8. The maximum atomic E-state index is 13.6. The van der Waals surface area contributed by atoms with E-state index in [1.807, 2.05) is 25.1 Å². The van der Waals surface area contributed by atoms with Crippen LogP contribution in [0.3, 0.4) is 0 Å². The number of ether oxygens (including phenoxy) is 1. The van der Waals surface area contributed by atoms with Crippen molar-refractivity contribution in [3.05, 3.63) is 101 Å². The van der Waals surface area contributed by atoms with Crippen molar-refractivity contribution in [1.82, 2.24) is 0 Å². The van der Waals surface area contributed by atoms with E-state index in [9.17, 15) is 9.18 Å². The van der Waals surface area contributed by atoms with Gasteiger partial charge in [0.1, 0.15) is 11.9 Å². The lowest BCUT2D eigenvalue weighted by Gasteiger charge is -2.37.